The van der Waals surface area contributed by atoms with Crippen LogP contribution in [0.2, 0.25) is 0 Å². The second-order valence-electron chi connectivity index (χ2n) is 11.7. The van der Waals surface area contributed by atoms with Gasteiger partial charge in [-0.2, -0.15) is 4.98 Å². The SMILES string of the molecule is CC(C)(C)OC(=O)N1CCC[C@@H](COc2cncc(OC[C@@H]3CCCN(C(=O)OC(C)(C)C)C3)n2)C1. The fourth-order valence-corrected chi connectivity index (χ4v) is 4.26. The van der Waals surface area contributed by atoms with Crippen molar-refractivity contribution >= 4 is 12.2 Å². The van der Waals surface area contributed by atoms with Gasteiger partial charge in [-0.1, -0.05) is 0 Å². The molecule has 36 heavy (non-hydrogen) atoms. The predicted molar refractivity (Wildman–Crippen MR) is 134 cm³/mol. The van der Waals surface area contributed by atoms with Crippen molar-refractivity contribution in [2.45, 2.75) is 78.4 Å². The summed E-state index contributed by atoms with van der Waals surface area (Å²) in [6, 6.07) is 0. The molecule has 0 N–H and O–H groups in total. The Labute approximate surface area is 214 Å². The number of hydrogen-bond acceptors (Lipinski definition) is 8. The quantitative estimate of drug-likeness (QED) is 0.554. The highest BCUT2D eigenvalue weighted by molar-refractivity contribution is 5.68. The second kappa shape index (κ2) is 12.0. The normalized spacial score (nSPS) is 21.1. The molecule has 2 amide bonds. The van der Waals surface area contributed by atoms with Crippen molar-refractivity contribution in [3.63, 3.8) is 0 Å². The standard InChI is InChI=1S/C26H42N4O6/c1-25(2,3)35-23(31)29-11-7-9-19(15-29)17-33-21-13-27-14-22(28-21)34-18-20-10-8-12-30(16-20)24(32)36-26(4,5)6/h13-14,19-20H,7-12,15-18H2,1-6H3/t19-,20-/m1/s1. The number of carbonyl (C=O) groups is 2. The third-order valence-electron chi connectivity index (χ3n) is 5.87. The summed E-state index contributed by atoms with van der Waals surface area (Å²) in [6.45, 7) is 14.7. The Morgan fingerprint density at radius 1 is 0.806 bits per heavy atom. The van der Waals surface area contributed by atoms with Crippen molar-refractivity contribution in [3.8, 4) is 11.8 Å². The first-order valence-corrected chi connectivity index (χ1v) is 12.9. The Bertz CT molecular complexity index is 815. The summed E-state index contributed by atoms with van der Waals surface area (Å²) in [7, 11) is 0. The van der Waals surface area contributed by atoms with Crippen LogP contribution in [0.15, 0.2) is 12.4 Å². The Morgan fingerprint density at radius 3 is 1.61 bits per heavy atom. The number of amides is 2. The van der Waals surface area contributed by atoms with Gasteiger partial charge in [-0.05, 0) is 67.2 Å². The molecule has 2 saturated heterocycles. The number of carbonyl (C=O) groups excluding carboxylic acids is 2. The molecular formula is C26H42N4O6. The number of nitrogens with zero attached hydrogens (tertiary/aromatic N) is 4. The van der Waals surface area contributed by atoms with Gasteiger partial charge in [0.2, 0.25) is 11.8 Å². The molecule has 0 spiro atoms. The number of rotatable bonds is 6. The van der Waals surface area contributed by atoms with Crippen LogP contribution in [0.25, 0.3) is 0 Å². The van der Waals surface area contributed by atoms with E-state index in [0.29, 0.717) is 51.2 Å². The summed E-state index contributed by atoms with van der Waals surface area (Å²) in [4.78, 5) is 36.9. The van der Waals surface area contributed by atoms with Crippen LogP contribution < -0.4 is 9.47 Å². The van der Waals surface area contributed by atoms with E-state index in [1.54, 1.807) is 22.2 Å². The van der Waals surface area contributed by atoms with Gasteiger partial charge in [0.15, 0.2) is 0 Å². The van der Waals surface area contributed by atoms with E-state index in [4.69, 9.17) is 18.9 Å². The van der Waals surface area contributed by atoms with Crippen molar-refractivity contribution < 1.29 is 28.5 Å². The Kier molecular flexibility index (Phi) is 9.24. The smallest absolute Gasteiger partial charge is 0.410 e. The molecule has 1 aromatic rings. The van der Waals surface area contributed by atoms with Gasteiger partial charge in [0, 0.05) is 38.0 Å². The van der Waals surface area contributed by atoms with E-state index in [0.717, 1.165) is 25.7 Å². The number of aromatic nitrogens is 2. The van der Waals surface area contributed by atoms with Crippen molar-refractivity contribution in [2.24, 2.45) is 11.8 Å². The fourth-order valence-electron chi connectivity index (χ4n) is 4.26. The minimum atomic E-state index is -0.512. The molecule has 2 fully saturated rings. The van der Waals surface area contributed by atoms with Crippen LogP contribution in [0, 0.1) is 11.8 Å². The van der Waals surface area contributed by atoms with Crippen LogP contribution in [0.5, 0.6) is 11.8 Å². The molecule has 0 aliphatic carbocycles. The van der Waals surface area contributed by atoms with Gasteiger partial charge in [0.05, 0.1) is 25.6 Å². The molecule has 2 aliphatic rings. The summed E-state index contributed by atoms with van der Waals surface area (Å²) in [5.41, 5.74) is -1.02. The molecule has 2 atom stereocenters. The van der Waals surface area contributed by atoms with E-state index < -0.39 is 11.2 Å². The average molecular weight is 507 g/mol. The maximum atomic E-state index is 12.4. The molecule has 0 unspecified atom stereocenters. The Hall–Kier alpha value is -2.78. The van der Waals surface area contributed by atoms with Gasteiger partial charge in [-0.3, -0.25) is 4.98 Å². The third kappa shape index (κ3) is 9.35. The largest absolute Gasteiger partial charge is 0.476 e. The van der Waals surface area contributed by atoms with Crippen LogP contribution in [0.4, 0.5) is 9.59 Å². The summed E-state index contributed by atoms with van der Waals surface area (Å²) < 4.78 is 22.8. The van der Waals surface area contributed by atoms with Crippen LogP contribution in [-0.2, 0) is 9.47 Å². The second-order valence-corrected chi connectivity index (χ2v) is 11.7. The Balaban J connectivity index is 1.45. The third-order valence-corrected chi connectivity index (χ3v) is 5.87. The lowest BCUT2D eigenvalue weighted by molar-refractivity contribution is 0.0131. The van der Waals surface area contributed by atoms with E-state index >= 15 is 0 Å². The predicted octanol–water partition coefficient (Wildman–Crippen LogP) is 4.53. The summed E-state index contributed by atoms with van der Waals surface area (Å²) >= 11 is 0. The Morgan fingerprint density at radius 2 is 1.22 bits per heavy atom. The molecule has 10 heteroatoms. The van der Waals surface area contributed by atoms with E-state index in [-0.39, 0.29) is 24.0 Å². The van der Waals surface area contributed by atoms with Gasteiger partial charge >= 0.3 is 12.2 Å². The van der Waals surface area contributed by atoms with Gasteiger partial charge in [0.25, 0.3) is 0 Å². The number of ether oxygens (including phenoxy) is 4. The molecule has 10 nitrogen and oxygen atoms in total. The van der Waals surface area contributed by atoms with Gasteiger partial charge in [-0.25, -0.2) is 9.59 Å². The van der Waals surface area contributed by atoms with Crippen molar-refractivity contribution in [2.75, 3.05) is 39.4 Å². The van der Waals surface area contributed by atoms with Crippen LogP contribution in [-0.4, -0.2) is 82.5 Å². The first-order chi connectivity index (χ1) is 16.9. The van der Waals surface area contributed by atoms with Crippen molar-refractivity contribution in [1.82, 2.24) is 19.8 Å². The molecule has 0 radical (unpaired) electrons. The molecule has 2 aliphatic heterocycles. The molecule has 1 aromatic heterocycles. The maximum Gasteiger partial charge on any atom is 0.410 e. The zero-order valence-electron chi connectivity index (χ0n) is 22.6. The number of hydrogen-bond donors (Lipinski definition) is 0. The average Bonchev–Trinajstić information content (AvgIpc) is 2.80. The van der Waals surface area contributed by atoms with Gasteiger partial charge in [-0.15, -0.1) is 0 Å². The molecule has 0 saturated carbocycles. The summed E-state index contributed by atoms with van der Waals surface area (Å²) in [5, 5.41) is 0. The minimum Gasteiger partial charge on any atom is -0.476 e. The van der Waals surface area contributed by atoms with Crippen LogP contribution in [0.1, 0.15) is 67.2 Å². The minimum absolute atomic E-state index is 0.193. The highest BCUT2D eigenvalue weighted by atomic mass is 16.6. The highest BCUT2D eigenvalue weighted by Crippen LogP contribution is 2.23. The van der Waals surface area contributed by atoms with E-state index in [2.05, 4.69) is 9.97 Å². The molecule has 3 heterocycles. The fraction of sp³-hybridized carbons (Fsp3) is 0.769. The molecule has 202 valence electrons. The zero-order valence-corrected chi connectivity index (χ0v) is 22.6. The monoisotopic (exact) mass is 506 g/mol. The number of piperidine rings is 2. The lowest BCUT2D eigenvalue weighted by atomic mass is 9.99. The van der Waals surface area contributed by atoms with Crippen LogP contribution in [0.3, 0.4) is 0 Å². The lowest BCUT2D eigenvalue weighted by Crippen LogP contribution is -2.44. The summed E-state index contributed by atoms with van der Waals surface area (Å²) in [6.07, 6.45) is 6.31. The summed E-state index contributed by atoms with van der Waals surface area (Å²) in [5.74, 6) is 1.17. The maximum absolute atomic E-state index is 12.4. The van der Waals surface area contributed by atoms with Crippen LogP contribution >= 0.6 is 0 Å². The molecule has 0 aromatic carbocycles. The lowest BCUT2D eigenvalue weighted by Gasteiger charge is -2.34. The van der Waals surface area contributed by atoms with Gasteiger partial charge in [0.1, 0.15) is 11.2 Å². The van der Waals surface area contributed by atoms with E-state index in [1.165, 1.54) is 0 Å². The van der Waals surface area contributed by atoms with E-state index in [9.17, 15) is 9.59 Å². The molecular weight excluding hydrogens is 464 g/mol. The topological polar surface area (TPSA) is 103 Å². The van der Waals surface area contributed by atoms with E-state index in [1.807, 2.05) is 41.5 Å². The van der Waals surface area contributed by atoms with Crippen molar-refractivity contribution in [1.29, 1.82) is 0 Å². The molecule has 0 bridgehead atoms. The van der Waals surface area contributed by atoms with Gasteiger partial charge < -0.3 is 28.7 Å². The number of likely N-dealkylation sites (tertiary alicyclic amines) is 2. The first-order valence-electron chi connectivity index (χ1n) is 12.9. The zero-order chi connectivity index (χ0) is 26.3. The first kappa shape index (κ1) is 27.8. The van der Waals surface area contributed by atoms with Crippen molar-refractivity contribution in [3.05, 3.63) is 12.4 Å². The highest BCUT2D eigenvalue weighted by Gasteiger charge is 2.29. The molecule has 3 rings (SSSR count).